The molecule has 0 radical (unpaired) electrons. The molecule has 0 unspecified atom stereocenters. The van der Waals surface area contributed by atoms with E-state index in [1.54, 1.807) is 10.4 Å². The quantitative estimate of drug-likeness (QED) is 0.249. The van der Waals surface area contributed by atoms with E-state index in [9.17, 15) is 0 Å². The van der Waals surface area contributed by atoms with E-state index in [1.807, 2.05) is 18.2 Å². The van der Waals surface area contributed by atoms with Crippen LogP contribution < -0.4 is 10.4 Å². The van der Waals surface area contributed by atoms with E-state index in [1.165, 1.54) is 27.8 Å². The van der Waals surface area contributed by atoms with Crippen LogP contribution in [0.25, 0.3) is 33.4 Å². The summed E-state index contributed by atoms with van der Waals surface area (Å²) < 4.78 is 0. The fourth-order valence-corrected chi connectivity index (χ4v) is 6.77. The van der Waals surface area contributed by atoms with Gasteiger partial charge in [-0.1, -0.05) is 128 Å². The predicted octanol–water partition coefficient (Wildman–Crippen LogP) is 8.43. The van der Waals surface area contributed by atoms with Crippen molar-refractivity contribution < 1.29 is 0 Å². The second-order valence-corrected chi connectivity index (χ2v) is 21.6. The molecule has 0 atom stereocenters. The minimum atomic E-state index is -1.42. The van der Waals surface area contributed by atoms with Crippen LogP contribution in [0.4, 0.5) is 0 Å². The molecule has 0 heterocycles. The second kappa shape index (κ2) is 9.10. The molecule has 168 valence electrons. The van der Waals surface area contributed by atoms with E-state index in [0.29, 0.717) is 0 Å². The first-order valence-corrected chi connectivity index (χ1v) is 19.0. The lowest BCUT2D eigenvalue weighted by Gasteiger charge is -2.24. The van der Waals surface area contributed by atoms with Crippen LogP contribution in [0.15, 0.2) is 91.0 Å². The number of rotatable bonds is 5. The van der Waals surface area contributed by atoms with Crippen molar-refractivity contribution in [2.24, 2.45) is 0 Å². The van der Waals surface area contributed by atoms with Crippen molar-refractivity contribution in [2.45, 2.75) is 39.3 Å². The average molecular weight is 485 g/mol. The lowest BCUT2D eigenvalue weighted by Crippen LogP contribution is -2.45. The Morgan fingerprint density at radius 3 is 1.18 bits per heavy atom. The van der Waals surface area contributed by atoms with E-state index in [4.69, 9.17) is 11.6 Å². The number of benzene rings is 4. The molecule has 0 spiro atoms. The maximum atomic E-state index is 6.24. The Morgan fingerprint density at radius 2 is 0.788 bits per heavy atom. The van der Waals surface area contributed by atoms with E-state index in [2.05, 4.69) is 112 Å². The van der Waals surface area contributed by atoms with E-state index >= 15 is 0 Å². The summed E-state index contributed by atoms with van der Waals surface area (Å²) in [5.41, 5.74) is 7.43. The molecule has 0 fully saturated rings. The summed E-state index contributed by atoms with van der Waals surface area (Å²) in [6, 6.07) is 33.2. The van der Waals surface area contributed by atoms with Crippen LogP contribution in [0.1, 0.15) is 0 Å². The van der Waals surface area contributed by atoms with Gasteiger partial charge in [0, 0.05) is 5.02 Å². The largest absolute Gasteiger partial charge is 0.0843 e. The molecule has 0 nitrogen and oxygen atoms in total. The van der Waals surface area contributed by atoms with Crippen LogP contribution in [-0.4, -0.2) is 16.1 Å². The van der Waals surface area contributed by atoms with Gasteiger partial charge in [0.25, 0.3) is 0 Å². The minimum absolute atomic E-state index is 0.764. The lowest BCUT2D eigenvalue weighted by molar-refractivity contribution is 1.57. The molecule has 0 bridgehead atoms. The Kier molecular flexibility index (Phi) is 6.55. The molecule has 0 N–H and O–H groups in total. The number of halogens is 1. The van der Waals surface area contributed by atoms with Gasteiger partial charge in [0.15, 0.2) is 0 Å². The van der Waals surface area contributed by atoms with Gasteiger partial charge in [-0.3, -0.25) is 0 Å². The normalized spacial score (nSPS) is 12.1. The fraction of sp³-hybridized carbons (Fsp3) is 0.200. The van der Waals surface area contributed by atoms with Gasteiger partial charge >= 0.3 is 0 Å². The Hall–Kier alpha value is -2.40. The van der Waals surface area contributed by atoms with Crippen LogP contribution in [0.2, 0.25) is 44.3 Å². The maximum absolute atomic E-state index is 6.24. The predicted molar refractivity (Wildman–Crippen MR) is 154 cm³/mol. The Bertz CT molecular complexity index is 1260. The van der Waals surface area contributed by atoms with Gasteiger partial charge in [-0.25, -0.2) is 0 Å². The number of hydrogen-bond acceptors (Lipinski definition) is 0. The summed E-state index contributed by atoms with van der Waals surface area (Å²) in [7, 11) is -2.85. The van der Waals surface area contributed by atoms with Gasteiger partial charge in [-0.15, -0.1) is 0 Å². The first-order chi connectivity index (χ1) is 15.5. The van der Waals surface area contributed by atoms with E-state index in [0.717, 1.165) is 10.6 Å². The SMILES string of the molecule is C[Si](C)(C)c1cc(-c2cccc(-c3cccc(-c4cccc(Cl)c4)c3)c2)cc([Si](C)(C)C)c1. The highest BCUT2D eigenvalue weighted by atomic mass is 35.5. The average Bonchev–Trinajstić information content (AvgIpc) is 2.78. The molecular formula is C30H33ClSi2. The minimum Gasteiger partial charge on any atom is -0.0843 e. The highest BCUT2D eigenvalue weighted by molar-refractivity contribution is 6.91. The van der Waals surface area contributed by atoms with Crippen LogP contribution in [-0.2, 0) is 0 Å². The van der Waals surface area contributed by atoms with Crippen LogP contribution >= 0.6 is 11.6 Å². The monoisotopic (exact) mass is 484 g/mol. The topological polar surface area (TPSA) is 0 Å². The van der Waals surface area contributed by atoms with E-state index in [-0.39, 0.29) is 0 Å². The third kappa shape index (κ3) is 5.58. The zero-order chi connectivity index (χ0) is 23.8. The summed E-state index contributed by atoms with van der Waals surface area (Å²) in [6.07, 6.45) is 0. The number of hydrogen-bond donors (Lipinski definition) is 0. The smallest absolute Gasteiger partial charge is 0.0776 e. The van der Waals surface area contributed by atoms with Crippen molar-refractivity contribution in [3.63, 3.8) is 0 Å². The fourth-order valence-electron chi connectivity index (χ4n) is 4.08. The van der Waals surface area contributed by atoms with Crippen molar-refractivity contribution in [2.75, 3.05) is 0 Å². The molecule has 0 saturated heterocycles. The van der Waals surface area contributed by atoms with Crippen LogP contribution in [0.5, 0.6) is 0 Å². The van der Waals surface area contributed by atoms with Gasteiger partial charge in [-0.2, -0.15) is 0 Å². The Balaban J connectivity index is 1.79. The zero-order valence-corrected chi connectivity index (χ0v) is 23.3. The molecule has 0 saturated carbocycles. The van der Waals surface area contributed by atoms with Crippen LogP contribution in [0.3, 0.4) is 0 Å². The van der Waals surface area contributed by atoms with E-state index < -0.39 is 16.1 Å². The molecule has 0 aliphatic heterocycles. The third-order valence-electron chi connectivity index (χ3n) is 6.21. The summed E-state index contributed by atoms with van der Waals surface area (Å²) in [5.74, 6) is 0. The van der Waals surface area contributed by atoms with Gasteiger partial charge in [-0.05, 0) is 57.6 Å². The first kappa shape index (κ1) is 23.8. The highest BCUT2D eigenvalue weighted by Crippen LogP contribution is 2.30. The van der Waals surface area contributed by atoms with Crippen molar-refractivity contribution in [3.8, 4) is 33.4 Å². The highest BCUT2D eigenvalue weighted by Gasteiger charge is 2.23. The molecule has 3 heteroatoms. The third-order valence-corrected chi connectivity index (χ3v) is 10.5. The van der Waals surface area contributed by atoms with Gasteiger partial charge in [0.05, 0.1) is 16.1 Å². The molecule has 0 aliphatic carbocycles. The van der Waals surface area contributed by atoms with Gasteiger partial charge in [0.1, 0.15) is 0 Å². The molecule has 4 aromatic rings. The Morgan fingerprint density at radius 1 is 0.424 bits per heavy atom. The molecule has 4 aromatic carbocycles. The molecule has 0 amide bonds. The lowest BCUT2D eigenvalue weighted by atomic mass is 9.96. The molecule has 33 heavy (non-hydrogen) atoms. The molecule has 4 rings (SSSR count). The van der Waals surface area contributed by atoms with Gasteiger partial charge < -0.3 is 0 Å². The second-order valence-electron chi connectivity index (χ2n) is 11.0. The summed E-state index contributed by atoms with van der Waals surface area (Å²) in [6.45, 7) is 14.7. The summed E-state index contributed by atoms with van der Waals surface area (Å²) in [5, 5.41) is 3.86. The van der Waals surface area contributed by atoms with Crippen molar-refractivity contribution in [3.05, 3.63) is 96.0 Å². The zero-order valence-electron chi connectivity index (χ0n) is 20.5. The van der Waals surface area contributed by atoms with Crippen molar-refractivity contribution in [1.29, 1.82) is 0 Å². The maximum Gasteiger partial charge on any atom is 0.0776 e. The molecular weight excluding hydrogens is 452 g/mol. The van der Waals surface area contributed by atoms with Crippen LogP contribution in [0, 0.1) is 0 Å². The molecule has 0 aliphatic rings. The molecule has 0 aromatic heterocycles. The van der Waals surface area contributed by atoms with Crippen molar-refractivity contribution in [1.82, 2.24) is 0 Å². The Labute approximate surface area is 206 Å². The standard InChI is InChI=1S/C30H33ClSi2/c1-32(2,3)29-19-27(20-30(21-29)33(4,5)6)25-13-8-11-23(17-25)22-10-7-12-24(16-22)26-14-9-15-28(31)18-26/h7-21H,1-6H3. The summed E-state index contributed by atoms with van der Waals surface area (Å²) in [4.78, 5) is 0. The van der Waals surface area contributed by atoms with Gasteiger partial charge in [0.2, 0.25) is 0 Å². The van der Waals surface area contributed by atoms with Crippen molar-refractivity contribution >= 4 is 38.1 Å². The summed E-state index contributed by atoms with van der Waals surface area (Å²) >= 11 is 6.24. The first-order valence-electron chi connectivity index (χ1n) is 11.6.